The standard InChI is InChI=1S/C19H28N2O2/c1-23-15-16-8-2-3-10-18(16)19(22)21-13-5-4-9-17(14-21)20-11-6-7-12-20/h2-3,8,10,17H,4-7,9,11-15H2,1H3/t17-/m1/s1. The Hall–Kier alpha value is -1.39. The van der Waals surface area contributed by atoms with Crippen LogP contribution in [0, 0.1) is 0 Å². The minimum Gasteiger partial charge on any atom is -0.380 e. The van der Waals surface area contributed by atoms with Gasteiger partial charge in [-0.3, -0.25) is 9.69 Å². The van der Waals surface area contributed by atoms with Gasteiger partial charge in [0.1, 0.15) is 0 Å². The average molecular weight is 316 g/mol. The second kappa shape index (κ2) is 7.93. The Balaban J connectivity index is 1.75. The van der Waals surface area contributed by atoms with Crippen LogP contribution >= 0.6 is 0 Å². The van der Waals surface area contributed by atoms with Crippen LogP contribution in [0.15, 0.2) is 24.3 Å². The van der Waals surface area contributed by atoms with Crippen molar-refractivity contribution in [3.8, 4) is 0 Å². The van der Waals surface area contributed by atoms with E-state index in [9.17, 15) is 4.79 Å². The van der Waals surface area contributed by atoms with Crippen molar-refractivity contribution in [3.05, 3.63) is 35.4 Å². The molecule has 23 heavy (non-hydrogen) atoms. The third-order valence-electron chi connectivity index (χ3n) is 5.14. The molecule has 2 aliphatic rings. The molecule has 4 heteroatoms. The predicted octanol–water partition coefficient (Wildman–Crippen LogP) is 2.92. The largest absolute Gasteiger partial charge is 0.380 e. The van der Waals surface area contributed by atoms with Gasteiger partial charge >= 0.3 is 0 Å². The Kier molecular flexibility index (Phi) is 5.68. The highest BCUT2D eigenvalue weighted by Crippen LogP contribution is 2.22. The van der Waals surface area contributed by atoms with Crippen molar-refractivity contribution in [1.82, 2.24) is 9.80 Å². The molecular weight excluding hydrogens is 288 g/mol. The highest BCUT2D eigenvalue weighted by molar-refractivity contribution is 5.95. The van der Waals surface area contributed by atoms with E-state index in [2.05, 4.69) is 9.80 Å². The summed E-state index contributed by atoms with van der Waals surface area (Å²) in [6.45, 7) is 4.65. The molecule has 0 aliphatic carbocycles. The smallest absolute Gasteiger partial charge is 0.254 e. The van der Waals surface area contributed by atoms with E-state index in [1.165, 1.54) is 38.8 Å². The molecule has 1 atom stereocenters. The van der Waals surface area contributed by atoms with Crippen LogP contribution in [0.3, 0.4) is 0 Å². The Morgan fingerprint density at radius 3 is 2.65 bits per heavy atom. The van der Waals surface area contributed by atoms with Gasteiger partial charge in [0.05, 0.1) is 6.61 Å². The van der Waals surface area contributed by atoms with Gasteiger partial charge < -0.3 is 9.64 Å². The Labute approximate surface area is 139 Å². The van der Waals surface area contributed by atoms with E-state index in [0.717, 1.165) is 30.6 Å². The van der Waals surface area contributed by atoms with Crippen molar-refractivity contribution in [2.45, 2.75) is 44.8 Å². The first kappa shape index (κ1) is 16.5. The number of likely N-dealkylation sites (tertiary alicyclic amines) is 2. The maximum absolute atomic E-state index is 13.1. The molecule has 4 nitrogen and oxygen atoms in total. The molecule has 3 rings (SSSR count). The summed E-state index contributed by atoms with van der Waals surface area (Å²) in [4.78, 5) is 17.7. The van der Waals surface area contributed by atoms with Gasteiger partial charge in [0.2, 0.25) is 0 Å². The molecule has 0 N–H and O–H groups in total. The number of amides is 1. The SMILES string of the molecule is COCc1ccccc1C(=O)N1CCCC[C@@H](N2CCCC2)C1. The first-order valence-electron chi connectivity index (χ1n) is 8.90. The van der Waals surface area contributed by atoms with Gasteiger partial charge in [-0.25, -0.2) is 0 Å². The molecular formula is C19H28N2O2. The fourth-order valence-electron chi connectivity index (χ4n) is 3.89. The third kappa shape index (κ3) is 3.93. The highest BCUT2D eigenvalue weighted by atomic mass is 16.5. The summed E-state index contributed by atoms with van der Waals surface area (Å²) in [5, 5.41) is 0. The van der Waals surface area contributed by atoms with Crippen LogP contribution in [-0.2, 0) is 11.3 Å². The van der Waals surface area contributed by atoms with Gasteiger partial charge in [0.15, 0.2) is 0 Å². The monoisotopic (exact) mass is 316 g/mol. The maximum atomic E-state index is 13.1. The topological polar surface area (TPSA) is 32.8 Å². The zero-order chi connectivity index (χ0) is 16.1. The minimum atomic E-state index is 0.170. The van der Waals surface area contributed by atoms with Crippen molar-refractivity contribution in [2.75, 3.05) is 33.3 Å². The van der Waals surface area contributed by atoms with E-state index in [4.69, 9.17) is 4.74 Å². The van der Waals surface area contributed by atoms with Crippen LogP contribution in [0.2, 0.25) is 0 Å². The number of nitrogens with zero attached hydrogens (tertiary/aromatic N) is 2. The number of carbonyl (C=O) groups excluding carboxylic acids is 1. The molecule has 0 radical (unpaired) electrons. The lowest BCUT2D eigenvalue weighted by Gasteiger charge is -2.31. The summed E-state index contributed by atoms with van der Waals surface area (Å²) in [7, 11) is 1.68. The molecule has 2 saturated heterocycles. The molecule has 1 amide bonds. The summed E-state index contributed by atoms with van der Waals surface area (Å²) in [5.74, 6) is 0.170. The number of carbonyl (C=O) groups is 1. The number of hydrogen-bond acceptors (Lipinski definition) is 3. The average Bonchev–Trinajstić information content (AvgIpc) is 3.00. The van der Waals surface area contributed by atoms with Gasteiger partial charge in [-0.05, 0) is 50.4 Å². The van der Waals surface area contributed by atoms with Crippen molar-refractivity contribution in [3.63, 3.8) is 0 Å². The molecule has 126 valence electrons. The van der Waals surface area contributed by atoms with Crippen LogP contribution in [0.5, 0.6) is 0 Å². The van der Waals surface area contributed by atoms with Crippen LogP contribution in [-0.4, -0.2) is 55.0 Å². The summed E-state index contributed by atoms with van der Waals surface area (Å²) < 4.78 is 5.25. The first-order chi connectivity index (χ1) is 11.3. The van der Waals surface area contributed by atoms with Crippen molar-refractivity contribution >= 4 is 5.91 Å². The highest BCUT2D eigenvalue weighted by Gasteiger charge is 2.28. The van der Waals surface area contributed by atoms with Crippen molar-refractivity contribution in [2.24, 2.45) is 0 Å². The molecule has 0 saturated carbocycles. The molecule has 1 aromatic rings. The van der Waals surface area contributed by atoms with Gasteiger partial charge in [0.25, 0.3) is 5.91 Å². The van der Waals surface area contributed by atoms with Gasteiger partial charge in [-0.2, -0.15) is 0 Å². The Morgan fingerprint density at radius 2 is 1.87 bits per heavy atom. The van der Waals surface area contributed by atoms with E-state index in [0.29, 0.717) is 12.6 Å². The quantitative estimate of drug-likeness (QED) is 0.856. The van der Waals surface area contributed by atoms with Crippen molar-refractivity contribution < 1.29 is 9.53 Å². The number of hydrogen-bond donors (Lipinski definition) is 0. The van der Waals surface area contributed by atoms with Crippen LogP contribution in [0.25, 0.3) is 0 Å². The predicted molar refractivity (Wildman–Crippen MR) is 91.5 cm³/mol. The molecule has 0 unspecified atom stereocenters. The first-order valence-corrected chi connectivity index (χ1v) is 8.90. The number of ether oxygens (including phenoxy) is 1. The summed E-state index contributed by atoms with van der Waals surface area (Å²) in [5.41, 5.74) is 1.79. The molecule has 1 aromatic carbocycles. The Morgan fingerprint density at radius 1 is 1.13 bits per heavy atom. The zero-order valence-corrected chi connectivity index (χ0v) is 14.2. The van der Waals surface area contributed by atoms with Gasteiger partial charge in [-0.1, -0.05) is 24.6 Å². The molecule has 2 aliphatic heterocycles. The molecule has 2 fully saturated rings. The van der Waals surface area contributed by atoms with Crippen LogP contribution in [0.4, 0.5) is 0 Å². The third-order valence-corrected chi connectivity index (χ3v) is 5.14. The van der Waals surface area contributed by atoms with Crippen LogP contribution < -0.4 is 0 Å². The number of benzene rings is 1. The summed E-state index contributed by atoms with van der Waals surface area (Å²) >= 11 is 0. The van der Waals surface area contributed by atoms with E-state index >= 15 is 0 Å². The van der Waals surface area contributed by atoms with E-state index in [-0.39, 0.29) is 5.91 Å². The lowest BCUT2D eigenvalue weighted by molar-refractivity contribution is 0.0709. The van der Waals surface area contributed by atoms with Gasteiger partial charge in [-0.15, -0.1) is 0 Å². The molecule has 0 spiro atoms. The maximum Gasteiger partial charge on any atom is 0.254 e. The van der Waals surface area contributed by atoms with Crippen molar-refractivity contribution in [1.29, 1.82) is 0 Å². The second-order valence-electron chi connectivity index (χ2n) is 6.73. The Bertz CT molecular complexity index is 526. The fraction of sp³-hybridized carbons (Fsp3) is 0.632. The van der Waals surface area contributed by atoms with E-state index in [1.54, 1.807) is 7.11 Å². The molecule has 0 bridgehead atoms. The lowest BCUT2D eigenvalue weighted by atomic mass is 10.1. The number of rotatable bonds is 4. The van der Waals surface area contributed by atoms with Crippen LogP contribution in [0.1, 0.15) is 48.0 Å². The van der Waals surface area contributed by atoms with E-state index in [1.807, 2.05) is 24.3 Å². The number of methoxy groups -OCH3 is 1. The molecule has 2 heterocycles. The summed E-state index contributed by atoms with van der Waals surface area (Å²) in [6, 6.07) is 8.39. The zero-order valence-electron chi connectivity index (χ0n) is 14.2. The fourth-order valence-corrected chi connectivity index (χ4v) is 3.89. The second-order valence-corrected chi connectivity index (χ2v) is 6.73. The normalized spacial score (nSPS) is 23.0. The van der Waals surface area contributed by atoms with Gasteiger partial charge in [0, 0.05) is 31.8 Å². The molecule has 0 aromatic heterocycles. The summed E-state index contributed by atoms with van der Waals surface area (Å²) in [6.07, 6.45) is 6.18. The van der Waals surface area contributed by atoms with E-state index < -0.39 is 0 Å². The lowest BCUT2D eigenvalue weighted by Crippen LogP contribution is -2.44. The minimum absolute atomic E-state index is 0.170.